The number of benzene rings is 1. The molecular weight excluding hydrogens is 302 g/mol. The molecule has 3 heteroatoms. The van der Waals surface area contributed by atoms with Crippen LogP contribution in [0.1, 0.15) is 41.6 Å². The quantitative estimate of drug-likeness (QED) is 0.912. The fraction of sp³-hybridized carbons (Fsp3) is 0.375. The van der Waals surface area contributed by atoms with Crippen molar-refractivity contribution in [1.82, 2.24) is 5.32 Å². The normalized spacial score (nSPS) is 15.5. The van der Waals surface area contributed by atoms with Gasteiger partial charge in [-0.2, -0.15) is 0 Å². The van der Waals surface area contributed by atoms with Gasteiger partial charge in [0.2, 0.25) is 0 Å². The summed E-state index contributed by atoms with van der Waals surface area (Å²) in [4.78, 5) is 0. The molecule has 0 aliphatic heterocycles. The van der Waals surface area contributed by atoms with Crippen LogP contribution in [-0.4, -0.2) is 6.54 Å². The van der Waals surface area contributed by atoms with Crippen molar-refractivity contribution >= 4 is 15.9 Å². The van der Waals surface area contributed by atoms with Crippen LogP contribution in [0.3, 0.4) is 0 Å². The SMILES string of the molecule is CCNC(c1ccc2c(c1)CCC2)c1ccoc1Br. The van der Waals surface area contributed by atoms with Gasteiger partial charge < -0.3 is 9.73 Å². The van der Waals surface area contributed by atoms with Crippen molar-refractivity contribution in [3.8, 4) is 0 Å². The van der Waals surface area contributed by atoms with E-state index in [1.807, 2.05) is 6.07 Å². The minimum absolute atomic E-state index is 0.198. The molecule has 1 unspecified atom stereocenters. The van der Waals surface area contributed by atoms with Crippen molar-refractivity contribution in [2.45, 2.75) is 32.2 Å². The number of rotatable bonds is 4. The number of aryl methyl sites for hydroxylation is 2. The zero-order chi connectivity index (χ0) is 13.2. The predicted molar refractivity (Wildman–Crippen MR) is 80.4 cm³/mol. The molecule has 0 amide bonds. The van der Waals surface area contributed by atoms with Gasteiger partial charge in [0.15, 0.2) is 4.67 Å². The Labute approximate surface area is 122 Å². The van der Waals surface area contributed by atoms with Gasteiger partial charge in [0.25, 0.3) is 0 Å². The maximum absolute atomic E-state index is 5.38. The lowest BCUT2D eigenvalue weighted by Gasteiger charge is -2.18. The van der Waals surface area contributed by atoms with Crippen molar-refractivity contribution in [2.75, 3.05) is 6.54 Å². The third kappa shape index (κ3) is 2.49. The molecule has 1 N–H and O–H groups in total. The van der Waals surface area contributed by atoms with E-state index >= 15 is 0 Å². The summed E-state index contributed by atoms with van der Waals surface area (Å²) in [6, 6.07) is 9.12. The van der Waals surface area contributed by atoms with Crippen molar-refractivity contribution in [2.24, 2.45) is 0 Å². The molecule has 1 aromatic heterocycles. The van der Waals surface area contributed by atoms with Crippen LogP contribution in [0.25, 0.3) is 0 Å². The van der Waals surface area contributed by atoms with E-state index in [0.717, 1.165) is 11.2 Å². The van der Waals surface area contributed by atoms with Crippen LogP contribution in [0.5, 0.6) is 0 Å². The van der Waals surface area contributed by atoms with E-state index in [9.17, 15) is 0 Å². The highest BCUT2D eigenvalue weighted by Crippen LogP contribution is 2.32. The molecule has 0 saturated heterocycles. The van der Waals surface area contributed by atoms with Crippen LogP contribution in [-0.2, 0) is 12.8 Å². The molecule has 0 bridgehead atoms. The maximum Gasteiger partial charge on any atom is 0.174 e. The second-order valence-electron chi connectivity index (χ2n) is 5.02. The molecule has 3 rings (SSSR count). The summed E-state index contributed by atoms with van der Waals surface area (Å²) in [5.41, 5.74) is 5.52. The first kappa shape index (κ1) is 12.9. The van der Waals surface area contributed by atoms with E-state index in [1.165, 1.54) is 41.5 Å². The second-order valence-corrected chi connectivity index (χ2v) is 5.74. The van der Waals surface area contributed by atoms with Crippen molar-refractivity contribution in [1.29, 1.82) is 0 Å². The summed E-state index contributed by atoms with van der Waals surface area (Å²) >= 11 is 3.49. The molecule has 1 aliphatic carbocycles. The number of halogens is 1. The average molecular weight is 320 g/mol. The van der Waals surface area contributed by atoms with E-state index in [0.29, 0.717) is 0 Å². The van der Waals surface area contributed by atoms with Crippen molar-refractivity contribution in [3.05, 3.63) is 57.5 Å². The van der Waals surface area contributed by atoms with Crippen LogP contribution >= 0.6 is 15.9 Å². The maximum atomic E-state index is 5.38. The molecule has 19 heavy (non-hydrogen) atoms. The molecule has 1 aromatic carbocycles. The Morgan fingerprint density at radius 1 is 1.26 bits per heavy atom. The Balaban J connectivity index is 1.98. The smallest absolute Gasteiger partial charge is 0.174 e. The molecule has 100 valence electrons. The monoisotopic (exact) mass is 319 g/mol. The fourth-order valence-corrected chi connectivity index (χ4v) is 3.36. The number of hydrogen-bond donors (Lipinski definition) is 1. The largest absolute Gasteiger partial charge is 0.457 e. The van der Waals surface area contributed by atoms with Crippen LogP contribution in [0.4, 0.5) is 0 Å². The molecular formula is C16H18BrNO. The third-order valence-electron chi connectivity index (χ3n) is 3.82. The average Bonchev–Trinajstić information content (AvgIpc) is 3.03. The number of nitrogens with one attached hydrogen (secondary N) is 1. The first-order valence-electron chi connectivity index (χ1n) is 6.87. The summed E-state index contributed by atoms with van der Waals surface area (Å²) < 4.78 is 6.20. The second kappa shape index (κ2) is 5.51. The summed E-state index contributed by atoms with van der Waals surface area (Å²) in [6.45, 7) is 3.06. The lowest BCUT2D eigenvalue weighted by Crippen LogP contribution is -2.22. The Bertz CT molecular complexity index is 576. The van der Waals surface area contributed by atoms with Crippen molar-refractivity contribution < 1.29 is 4.42 Å². The van der Waals surface area contributed by atoms with Gasteiger partial charge >= 0.3 is 0 Å². The summed E-state index contributed by atoms with van der Waals surface area (Å²) in [6.07, 6.45) is 5.47. The zero-order valence-corrected chi connectivity index (χ0v) is 12.7. The number of fused-ring (bicyclic) bond motifs is 1. The van der Waals surface area contributed by atoms with Gasteiger partial charge in [-0.25, -0.2) is 0 Å². The zero-order valence-electron chi connectivity index (χ0n) is 11.1. The van der Waals surface area contributed by atoms with Gasteiger partial charge in [-0.05, 0) is 64.5 Å². The van der Waals surface area contributed by atoms with Gasteiger partial charge in [-0.1, -0.05) is 25.1 Å². The summed E-state index contributed by atoms with van der Waals surface area (Å²) in [5.74, 6) is 0. The molecule has 0 radical (unpaired) electrons. The first-order valence-corrected chi connectivity index (χ1v) is 7.67. The van der Waals surface area contributed by atoms with Crippen LogP contribution < -0.4 is 5.32 Å². The molecule has 2 nitrogen and oxygen atoms in total. The fourth-order valence-electron chi connectivity index (χ4n) is 2.89. The minimum atomic E-state index is 0.198. The van der Waals surface area contributed by atoms with Gasteiger partial charge in [-0.3, -0.25) is 0 Å². The van der Waals surface area contributed by atoms with E-state index in [4.69, 9.17) is 4.42 Å². The van der Waals surface area contributed by atoms with Gasteiger partial charge in [0.1, 0.15) is 0 Å². The Kier molecular flexibility index (Phi) is 3.76. The van der Waals surface area contributed by atoms with E-state index < -0.39 is 0 Å². The van der Waals surface area contributed by atoms with Crippen molar-refractivity contribution in [3.63, 3.8) is 0 Å². The molecule has 2 aromatic rings. The van der Waals surface area contributed by atoms with Gasteiger partial charge in [-0.15, -0.1) is 0 Å². The summed E-state index contributed by atoms with van der Waals surface area (Å²) in [7, 11) is 0. The summed E-state index contributed by atoms with van der Waals surface area (Å²) in [5, 5.41) is 3.54. The van der Waals surface area contributed by atoms with Crippen LogP contribution in [0, 0.1) is 0 Å². The topological polar surface area (TPSA) is 25.2 Å². The van der Waals surface area contributed by atoms with E-state index in [1.54, 1.807) is 6.26 Å². The first-order chi connectivity index (χ1) is 9.29. The highest BCUT2D eigenvalue weighted by molar-refractivity contribution is 9.10. The molecule has 1 atom stereocenters. The molecule has 1 heterocycles. The highest BCUT2D eigenvalue weighted by Gasteiger charge is 2.20. The van der Waals surface area contributed by atoms with Gasteiger partial charge in [0, 0.05) is 5.56 Å². The molecule has 0 fully saturated rings. The Morgan fingerprint density at radius 2 is 2.11 bits per heavy atom. The highest BCUT2D eigenvalue weighted by atomic mass is 79.9. The number of hydrogen-bond acceptors (Lipinski definition) is 2. The lowest BCUT2D eigenvalue weighted by molar-refractivity contribution is 0.526. The standard InChI is InChI=1S/C16H18BrNO/c1-2-18-15(14-8-9-19-16(14)17)13-7-6-11-4-3-5-12(11)10-13/h6-10,15,18H,2-5H2,1H3. The Hall–Kier alpha value is -1.06. The molecule has 1 aliphatic rings. The molecule has 0 saturated carbocycles. The van der Waals surface area contributed by atoms with Gasteiger partial charge in [0.05, 0.1) is 12.3 Å². The lowest BCUT2D eigenvalue weighted by atomic mass is 9.97. The minimum Gasteiger partial charge on any atom is -0.457 e. The molecule has 0 spiro atoms. The third-order valence-corrected chi connectivity index (χ3v) is 4.47. The van der Waals surface area contributed by atoms with Crippen LogP contribution in [0.2, 0.25) is 0 Å². The van der Waals surface area contributed by atoms with E-state index in [2.05, 4.69) is 46.4 Å². The van der Waals surface area contributed by atoms with E-state index in [-0.39, 0.29) is 6.04 Å². The van der Waals surface area contributed by atoms with Crippen LogP contribution in [0.15, 0.2) is 39.6 Å². The number of furan rings is 1. The predicted octanol–water partition coefficient (Wildman–Crippen LogP) is 4.23. The Morgan fingerprint density at radius 3 is 2.84 bits per heavy atom.